The molecule has 11 aromatic rings. The molecule has 0 radical (unpaired) electrons. The van der Waals surface area contributed by atoms with Crippen LogP contribution in [0, 0.1) is 0 Å². The van der Waals surface area contributed by atoms with E-state index >= 15 is 0 Å². The minimum Gasteiger partial charge on any atom is -0.310 e. The van der Waals surface area contributed by atoms with Crippen LogP contribution in [0.25, 0.3) is 60.5 Å². The van der Waals surface area contributed by atoms with E-state index in [9.17, 15) is 0 Å². The van der Waals surface area contributed by atoms with Crippen molar-refractivity contribution in [3.05, 3.63) is 265 Å². The van der Waals surface area contributed by atoms with Crippen molar-refractivity contribution in [2.45, 2.75) is 5.41 Å². The lowest BCUT2D eigenvalue weighted by atomic mass is 9.67. The van der Waals surface area contributed by atoms with Gasteiger partial charge in [0.25, 0.3) is 0 Å². The summed E-state index contributed by atoms with van der Waals surface area (Å²) in [5.74, 6) is 0. The summed E-state index contributed by atoms with van der Waals surface area (Å²) in [6.45, 7) is 0. The highest BCUT2D eigenvalue weighted by atomic mass is 15.1. The highest BCUT2D eigenvalue weighted by molar-refractivity contribution is 6.12. The molecule has 0 unspecified atom stereocenters. The van der Waals surface area contributed by atoms with Gasteiger partial charge in [-0.05, 0) is 104 Å². The highest BCUT2D eigenvalue weighted by Crippen LogP contribution is 2.57. The number of anilines is 3. The van der Waals surface area contributed by atoms with Crippen molar-refractivity contribution < 1.29 is 0 Å². The molecular formula is C59H40N2. The van der Waals surface area contributed by atoms with E-state index < -0.39 is 5.41 Å². The summed E-state index contributed by atoms with van der Waals surface area (Å²) in [5.41, 5.74) is 16.3. The molecule has 0 aliphatic heterocycles. The van der Waals surface area contributed by atoms with Crippen molar-refractivity contribution in [2.24, 2.45) is 0 Å². The number of hydrogen-bond donors (Lipinski definition) is 0. The Hall–Kier alpha value is -7.94. The Bertz CT molecular complexity index is 3360. The van der Waals surface area contributed by atoms with Crippen LogP contribution in [-0.2, 0) is 5.41 Å². The zero-order chi connectivity index (χ0) is 40.3. The number of rotatable bonds is 7. The van der Waals surface area contributed by atoms with Gasteiger partial charge in [-0.3, -0.25) is 0 Å². The molecule has 12 rings (SSSR count). The molecule has 0 amide bonds. The second kappa shape index (κ2) is 14.1. The predicted molar refractivity (Wildman–Crippen MR) is 256 cm³/mol. The summed E-state index contributed by atoms with van der Waals surface area (Å²) in [4.78, 5) is 2.51. The zero-order valence-corrected chi connectivity index (χ0v) is 33.5. The molecule has 2 nitrogen and oxygen atoms in total. The van der Waals surface area contributed by atoms with Crippen LogP contribution in [0.5, 0.6) is 0 Å². The van der Waals surface area contributed by atoms with Crippen LogP contribution in [0.1, 0.15) is 22.3 Å². The summed E-state index contributed by atoms with van der Waals surface area (Å²) in [6.07, 6.45) is 0. The topological polar surface area (TPSA) is 8.17 Å². The van der Waals surface area contributed by atoms with Gasteiger partial charge in [-0.2, -0.15) is 0 Å². The number of para-hydroxylation sites is 2. The average Bonchev–Trinajstić information content (AvgIpc) is 3.83. The molecule has 0 saturated heterocycles. The van der Waals surface area contributed by atoms with Crippen LogP contribution in [0.3, 0.4) is 0 Å². The number of aromatic nitrogens is 1. The molecule has 0 spiro atoms. The Morgan fingerprint density at radius 2 is 0.918 bits per heavy atom. The lowest BCUT2D eigenvalue weighted by molar-refractivity contribution is 0.768. The number of hydrogen-bond acceptors (Lipinski definition) is 1. The van der Waals surface area contributed by atoms with Gasteiger partial charge >= 0.3 is 0 Å². The van der Waals surface area contributed by atoms with Crippen LogP contribution < -0.4 is 4.90 Å². The van der Waals surface area contributed by atoms with Gasteiger partial charge in [0.05, 0.1) is 22.1 Å². The first-order valence-electron chi connectivity index (χ1n) is 21.1. The molecule has 1 aliphatic rings. The van der Waals surface area contributed by atoms with Crippen molar-refractivity contribution in [3.63, 3.8) is 0 Å². The molecule has 1 aromatic heterocycles. The first kappa shape index (κ1) is 35.0. The van der Waals surface area contributed by atoms with Gasteiger partial charge < -0.3 is 9.47 Å². The van der Waals surface area contributed by atoms with E-state index in [1.807, 2.05) is 0 Å². The maximum absolute atomic E-state index is 2.51. The van der Waals surface area contributed by atoms with Crippen LogP contribution >= 0.6 is 0 Å². The molecule has 0 saturated carbocycles. The number of fused-ring (bicyclic) bond motifs is 7. The summed E-state index contributed by atoms with van der Waals surface area (Å²) in [7, 11) is 0. The molecule has 0 bridgehead atoms. The van der Waals surface area contributed by atoms with Gasteiger partial charge in [0.1, 0.15) is 0 Å². The Morgan fingerprint density at radius 1 is 0.361 bits per heavy atom. The molecule has 2 heteroatoms. The molecule has 1 aliphatic carbocycles. The average molecular weight is 777 g/mol. The molecule has 0 fully saturated rings. The third-order valence-electron chi connectivity index (χ3n) is 12.8. The van der Waals surface area contributed by atoms with E-state index in [1.165, 1.54) is 77.1 Å². The van der Waals surface area contributed by atoms with E-state index in [0.717, 1.165) is 22.7 Å². The van der Waals surface area contributed by atoms with Crippen molar-refractivity contribution in [1.29, 1.82) is 0 Å². The van der Waals surface area contributed by atoms with Crippen molar-refractivity contribution in [1.82, 2.24) is 4.57 Å². The summed E-state index contributed by atoms with van der Waals surface area (Å²) < 4.78 is 2.39. The second-order valence-corrected chi connectivity index (χ2v) is 16.0. The summed E-state index contributed by atoms with van der Waals surface area (Å²) in [6, 6.07) is 89.2. The quantitative estimate of drug-likeness (QED) is 0.156. The lowest BCUT2D eigenvalue weighted by Crippen LogP contribution is -2.28. The molecule has 10 aromatic carbocycles. The van der Waals surface area contributed by atoms with E-state index in [0.29, 0.717) is 0 Å². The molecule has 61 heavy (non-hydrogen) atoms. The maximum Gasteiger partial charge on any atom is 0.0714 e. The molecule has 0 atom stereocenters. The van der Waals surface area contributed by atoms with Crippen LogP contribution in [0.2, 0.25) is 0 Å². The third-order valence-corrected chi connectivity index (χ3v) is 12.8. The van der Waals surface area contributed by atoms with E-state index in [-0.39, 0.29) is 0 Å². The van der Waals surface area contributed by atoms with Gasteiger partial charge in [0.2, 0.25) is 0 Å². The predicted octanol–water partition coefficient (Wildman–Crippen LogP) is 15.4. The Labute approximate surface area is 355 Å². The third kappa shape index (κ3) is 5.36. The molecule has 286 valence electrons. The van der Waals surface area contributed by atoms with Gasteiger partial charge in [-0.1, -0.05) is 188 Å². The van der Waals surface area contributed by atoms with Crippen molar-refractivity contribution in [2.75, 3.05) is 4.90 Å². The summed E-state index contributed by atoms with van der Waals surface area (Å²) >= 11 is 0. The SMILES string of the molecule is c1ccc(-c2c(N(c3ccc4c(c3)C(c3ccccc3)(c3ccccc3)c3ccccc3-4)c3ccc4c(c3)c3ccccc3n4-c3ccccc3)ccc3ccccc23)cc1. The molecule has 1 heterocycles. The monoisotopic (exact) mass is 776 g/mol. The minimum atomic E-state index is -0.533. The van der Waals surface area contributed by atoms with Crippen molar-refractivity contribution >= 4 is 49.6 Å². The van der Waals surface area contributed by atoms with E-state index in [1.54, 1.807) is 0 Å². The lowest BCUT2D eigenvalue weighted by Gasteiger charge is -2.35. The highest BCUT2D eigenvalue weighted by Gasteiger charge is 2.46. The van der Waals surface area contributed by atoms with Gasteiger partial charge in [-0.25, -0.2) is 0 Å². The fourth-order valence-electron chi connectivity index (χ4n) is 10.3. The van der Waals surface area contributed by atoms with E-state index in [4.69, 9.17) is 0 Å². The molecular weight excluding hydrogens is 737 g/mol. The van der Waals surface area contributed by atoms with Crippen LogP contribution in [-0.4, -0.2) is 4.57 Å². The summed E-state index contributed by atoms with van der Waals surface area (Å²) in [5, 5.41) is 4.86. The fourth-order valence-corrected chi connectivity index (χ4v) is 10.3. The Morgan fingerprint density at radius 3 is 1.67 bits per heavy atom. The first-order chi connectivity index (χ1) is 30.3. The van der Waals surface area contributed by atoms with E-state index in [2.05, 4.69) is 252 Å². The van der Waals surface area contributed by atoms with Crippen molar-refractivity contribution in [3.8, 4) is 27.9 Å². The normalized spacial score (nSPS) is 12.7. The van der Waals surface area contributed by atoms with Gasteiger partial charge in [0.15, 0.2) is 0 Å². The minimum absolute atomic E-state index is 0.533. The smallest absolute Gasteiger partial charge is 0.0714 e. The largest absolute Gasteiger partial charge is 0.310 e. The number of benzene rings is 10. The second-order valence-electron chi connectivity index (χ2n) is 16.0. The molecule has 0 N–H and O–H groups in total. The van der Waals surface area contributed by atoms with Gasteiger partial charge in [-0.15, -0.1) is 0 Å². The Kier molecular flexibility index (Phi) is 8.11. The van der Waals surface area contributed by atoms with Crippen LogP contribution in [0.4, 0.5) is 17.1 Å². The van der Waals surface area contributed by atoms with Gasteiger partial charge in [0, 0.05) is 33.4 Å². The maximum atomic E-state index is 2.51. The van der Waals surface area contributed by atoms with Crippen LogP contribution in [0.15, 0.2) is 243 Å². The Balaban J connectivity index is 1.18. The fraction of sp³-hybridized carbons (Fsp3) is 0.0169. The number of nitrogens with zero attached hydrogens (tertiary/aromatic N) is 2. The standard InChI is InChI=1S/C59H40N2/c1-5-20-42(21-6-1)58-48-28-14-13-19-41(48)33-37-57(58)60(46-35-38-56-52(39-46)51-30-16-18-32-55(51)61(56)45-26-11-4-12-27-45)47-34-36-50-49-29-15-17-31-53(49)59(54(50)40-47,43-22-7-2-8-23-43)44-24-9-3-10-25-44/h1-40H. The first-order valence-corrected chi connectivity index (χ1v) is 21.1. The zero-order valence-electron chi connectivity index (χ0n) is 33.5.